The Hall–Kier alpha value is -2.44. The molecule has 0 atom stereocenters. The highest BCUT2D eigenvalue weighted by atomic mass is 19.1. The fraction of sp³-hybridized carbons (Fsp3) is 0.167. The molecule has 0 saturated carbocycles. The van der Waals surface area contributed by atoms with Crippen LogP contribution in [0.5, 0.6) is 5.88 Å². The SMILES string of the molecule is CNc1nc(OCc2ccc(F)cc2F)cc(=O)[nH]1. The first-order chi connectivity index (χ1) is 9.08. The van der Waals surface area contributed by atoms with Crippen molar-refractivity contribution in [2.45, 2.75) is 6.61 Å². The van der Waals surface area contributed by atoms with E-state index in [4.69, 9.17) is 4.74 Å². The Morgan fingerprint density at radius 3 is 2.84 bits per heavy atom. The highest BCUT2D eigenvalue weighted by Gasteiger charge is 2.06. The van der Waals surface area contributed by atoms with Crippen LogP contribution in [0, 0.1) is 11.6 Å². The summed E-state index contributed by atoms with van der Waals surface area (Å²) in [4.78, 5) is 17.6. The molecular formula is C12H11F2N3O2. The maximum atomic E-state index is 13.4. The highest BCUT2D eigenvalue weighted by molar-refractivity contribution is 5.26. The number of rotatable bonds is 4. The van der Waals surface area contributed by atoms with Gasteiger partial charge in [-0.3, -0.25) is 9.78 Å². The first-order valence-corrected chi connectivity index (χ1v) is 5.44. The minimum Gasteiger partial charge on any atom is -0.472 e. The van der Waals surface area contributed by atoms with Crippen LogP contribution in [-0.2, 0) is 6.61 Å². The first kappa shape index (κ1) is 13.0. The van der Waals surface area contributed by atoms with E-state index in [0.717, 1.165) is 18.2 Å². The van der Waals surface area contributed by atoms with Crippen molar-refractivity contribution in [2.75, 3.05) is 12.4 Å². The quantitative estimate of drug-likeness (QED) is 0.884. The number of anilines is 1. The molecule has 2 N–H and O–H groups in total. The summed E-state index contributed by atoms with van der Waals surface area (Å²) in [5.41, 5.74) is -0.219. The molecule has 0 fully saturated rings. The number of aromatic nitrogens is 2. The molecule has 0 aliphatic carbocycles. The Kier molecular flexibility index (Phi) is 3.74. The molecule has 1 aromatic heterocycles. The second-order valence-corrected chi connectivity index (χ2v) is 3.71. The molecule has 19 heavy (non-hydrogen) atoms. The van der Waals surface area contributed by atoms with Crippen molar-refractivity contribution in [1.29, 1.82) is 0 Å². The van der Waals surface area contributed by atoms with Gasteiger partial charge in [0.05, 0.1) is 6.07 Å². The van der Waals surface area contributed by atoms with E-state index in [0.29, 0.717) is 0 Å². The van der Waals surface area contributed by atoms with E-state index in [9.17, 15) is 13.6 Å². The van der Waals surface area contributed by atoms with Gasteiger partial charge in [0.25, 0.3) is 5.56 Å². The largest absolute Gasteiger partial charge is 0.472 e. The number of nitrogens with zero attached hydrogens (tertiary/aromatic N) is 1. The zero-order valence-electron chi connectivity index (χ0n) is 10.0. The van der Waals surface area contributed by atoms with Gasteiger partial charge in [-0.2, -0.15) is 4.98 Å². The van der Waals surface area contributed by atoms with Crippen LogP contribution < -0.4 is 15.6 Å². The third-order valence-electron chi connectivity index (χ3n) is 2.35. The summed E-state index contributed by atoms with van der Waals surface area (Å²) < 4.78 is 31.3. The van der Waals surface area contributed by atoms with Crippen molar-refractivity contribution in [3.05, 3.63) is 51.8 Å². The van der Waals surface area contributed by atoms with Gasteiger partial charge in [0, 0.05) is 18.7 Å². The molecule has 100 valence electrons. The Balaban J connectivity index is 2.14. The molecular weight excluding hydrogens is 256 g/mol. The number of H-pyrrole nitrogens is 1. The zero-order chi connectivity index (χ0) is 13.8. The van der Waals surface area contributed by atoms with Crippen LogP contribution in [0.4, 0.5) is 14.7 Å². The van der Waals surface area contributed by atoms with Gasteiger partial charge in [0.15, 0.2) is 0 Å². The Morgan fingerprint density at radius 2 is 2.16 bits per heavy atom. The van der Waals surface area contributed by atoms with Crippen molar-refractivity contribution >= 4 is 5.95 Å². The van der Waals surface area contributed by atoms with Crippen LogP contribution in [-0.4, -0.2) is 17.0 Å². The maximum Gasteiger partial charge on any atom is 0.256 e. The summed E-state index contributed by atoms with van der Waals surface area (Å²) >= 11 is 0. The lowest BCUT2D eigenvalue weighted by Crippen LogP contribution is -2.11. The Morgan fingerprint density at radius 1 is 1.37 bits per heavy atom. The van der Waals surface area contributed by atoms with E-state index in [-0.39, 0.29) is 24.0 Å². The zero-order valence-corrected chi connectivity index (χ0v) is 10.0. The first-order valence-electron chi connectivity index (χ1n) is 5.44. The summed E-state index contributed by atoms with van der Waals surface area (Å²) in [5.74, 6) is -1.08. The van der Waals surface area contributed by atoms with Gasteiger partial charge in [0.1, 0.15) is 18.2 Å². The van der Waals surface area contributed by atoms with Crippen molar-refractivity contribution in [3.63, 3.8) is 0 Å². The predicted octanol–water partition coefficient (Wildman–Crippen LogP) is 1.67. The molecule has 0 aliphatic heterocycles. The molecule has 0 radical (unpaired) electrons. The Bertz CT molecular complexity index is 643. The van der Waals surface area contributed by atoms with E-state index in [1.54, 1.807) is 7.05 Å². The average Bonchev–Trinajstić information content (AvgIpc) is 2.37. The van der Waals surface area contributed by atoms with E-state index in [1.807, 2.05) is 0 Å². The van der Waals surface area contributed by atoms with Crippen molar-refractivity contribution in [3.8, 4) is 5.88 Å². The number of hydrogen-bond donors (Lipinski definition) is 2. The highest BCUT2D eigenvalue weighted by Crippen LogP contribution is 2.13. The summed E-state index contributed by atoms with van der Waals surface area (Å²) in [7, 11) is 1.59. The minimum atomic E-state index is -0.710. The van der Waals surface area contributed by atoms with Crippen LogP contribution in [0.2, 0.25) is 0 Å². The molecule has 0 saturated heterocycles. The van der Waals surface area contributed by atoms with Gasteiger partial charge < -0.3 is 10.1 Å². The molecule has 0 amide bonds. The van der Waals surface area contributed by atoms with Crippen molar-refractivity contribution in [2.24, 2.45) is 0 Å². The molecule has 0 bridgehead atoms. The minimum absolute atomic E-state index is 0.0526. The van der Waals surface area contributed by atoms with Gasteiger partial charge in [0.2, 0.25) is 11.8 Å². The molecule has 2 aromatic rings. The average molecular weight is 267 g/mol. The summed E-state index contributed by atoms with van der Waals surface area (Å²) in [6.07, 6.45) is 0. The van der Waals surface area contributed by atoms with E-state index >= 15 is 0 Å². The van der Waals surface area contributed by atoms with Gasteiger partial charge in [-0.15, -0.1) is 0 Å². The lowest BCUT2D eigenvalue weighted by atomic mass is 10.2. The molecule has 0 spiro atoms. The van der Waals surface area contributed by atoms with Crippen molar-refractivity contribution < 1.29 is 13.5 Å². The van der Waals surface area contributed by atoms with Gasteiger partial charge in [-0.05, 0) is 12.1 Å². The summed E-state index contributed by atoms with van der Waals surface area (Å²) in [6.45, 7) is -0.147. The standard InChI is InChI=1S/C12H11F2N3O2/c1-15-12-16-10(18)5-11(17-12)19-6-7-2-3-8(13)4-9(7)14/h2-5H,6H2,1H3,(H2,15,16,17,18). The van der Waals surface area contributed by atoms with Crippen LogP contribution >= 0.6 is 0 Å². The van der Waals surface area contributed by atoms with Gasteiger partial charge in [-0.1, -0.05) is 0 Å². The molecule has 2 rings (SSSR count). The summed E-state index contributed by atoms with van der Waals surface area (Å²) in [5, 5.41) is 2.65. The monoisotopic (exact) mass is 267 g/mol. The van der Waals surface area contributed by atoms with Crippen LogP contribution in [0.3, 0.4) is 0 Å². The number of benzene rings is 1. The molecule has 1 aromatic carbocycles. The van der Waals surface area contributed by atoms with Crippen molar-refractivity contribution in [1.82, 2.24) is 9.97 Å². The third-order valence-corrected chi connectivity index (χ3v) is 2.35. The van der Waals surface area contributed by atoms with E-state index < -0.39 is 17.2 Å². The van der Waals surface area contributed by atoms with E-state index in [2.05, 4.69) is 15.3 Å². The lowest BCUT2D eigenvalue weighted by molar-refractivity contribution is 0.287. The van der Waals surface area contributed by atoms with Crippen LogP contribution in [0.15, 0.2) is 29.1 Å². The lowest BCUT2D eigenvalue weighted by Gasteiger charge is -2.07. The van der Waals surface area contributed by atoms with Gasteiger partial charge >= 0.3 is 0 Å². The fourth-order valence-electron chi connectivity index (χ4n) is 1.42. The smallest absolute Gasteiger partial charge is 0.256 e. The second kappa shape index (κ2) is 5.47. The number of halogens is 2. The number of nitrogens with one attached hydrogen (secondary N) is 2. The topological polar surface area (TPSA) is 67.0 Å². The van der Waals surface area contributed by atoms with E-state index in [1.165, 1.54) is 6.07 Å². The Labute approximate surface area is 107 Å². The second-order valence-electron chi connectivity index (χ2n) is 3.71. The van der Waals surface area contributed by atoms with Crippen LogP contribution in [0.25, 0.3) is 0 Å². The molecule has 5 nitrogen and oxygen atoms in total. The normalized spacial score (nSPS) is 10.3. The summed E-state index contributed by atoms with van der Waals surface area (Å²) in [6, 6.07) is 4.31. The fourth-order valence-corrected chi connectivity index (χ4v) is 1.42. The number of aromatic amines is 1. The number of hydrogen-bond acceptors (Lipinski definition) is 4. The third kappa shape index (κ3) is 3.27. The molecule has 1 heterocycles. The maximum absolute atomic E-state index is 13.4. The molecule has 0 unspecified atom stereocenters. The molecule has 0 aliphatic rings. The van der Waals surface area contributed by atoms with Crippen LogP contribution in [0.1, 0.15) is 5.56 Å². The molecule has 7 heteroatoms. The number of ether oxygens (including phenoxy) is 1. The van der Waals surface area contributed by atoms with Gasteiger partial charge in [-0.25, -0.2) is 8.78 Å². The predicted molar refractivity (Wildman–Crippen MR) is 65.1 cm³/mol.